The van der Waals surface area contributed by atoms with Crippen molar-refractivity contribution < 1.29 is 4.79 Å². The Morgan fingerprint density at radius 2 is 1.84 bits per heavy atom. The average Bonchev–Trinajstić information content (AvgIpc) is 2.96. The summed E-state index contributed by atoms with van der Waals surface area (Å²) in [5.41, 5.74) is 7.68. The zero-order valence-corrected chi connectivity index (χ0v) is 14.8. The molecule has 128 valence electrons. The quantitative estimate of drug-likeness (QED) is 0.646. The summed E-state index contributed by atoms with van der Waals surface area (Å²) in [5.74, 6) is 0.717. The number of hydrogen-bond acceptors (Lipinski definition) is 5. The molecule has 25 heavy (non-hydrogen) atoms. The second kappa shape index (κ2) is 8.04. The van der Waals surface area contributed by atoms with Crippen LogP contribution in [-0.2, 0) is 17.1 Å². The number of nitrogen functional groups attached to an aromatic ring is 1. The van der Waals surface area contributed by atoms with Crippen LogP contribution in [0.15, 0.2) is 59.8 Å². The minimum atomic E-state index is -0.213. The molecule has 0 saturated heterocycles. The van der Waals surface area contributed by atoms with Gasteiger partial charge in [-0.2, -0.15) is 0 Å². The predicted octanol–water partition coefficient (Wildman–Crippen LogP) is 3.44. The van der Waals surface area contributed by atoms with Crippen molar-refractivity contribution >= 4 is 40.9 Å². The number of aromatic nitrogens is 3. The lowest BCUT2D eigenvalue weighted by molar-refractivity contribution is -0.116. The van der Waals surface area contributed by atoms with E-state index >= 15 is 0 Å². The molecule has 8 heteroatoms. The molecule has 0 bridgehead atoms. The number of amides is 1. The lowest BCUT2D eigenvalue weighted by atomic mass is 10.2. The van der Waals surface area contributed by atoms with Gasteiger partial charge in [-0.15, -0.1) is 10.2 Å². The van der Waals surface area contributed by atoms with Gasteiger partial charge in [-0.1, -0.05) is 53.7 Å². The molecule has 0 radical (unpaired) electrons. The Morgan fingerprint density at radius 3 is 2.56 bits per heavy atom. The summed E-state index contributed by atoms with van der Waals surface area (Å²) in [5, 5.41) is 11.9. The summed E-state index contributed by atoms with van der Waals surface area (Å²) < 4.78 is 1.60. The smallest absolute Gasteiger partial charge is 0.244 e. The van der Waals surface area contributed by atoms with E-state index in [-0.39, 0.29) is 18.4 Å². The van der Waals surface area contributed by atoms with Crippen molar-refractivity contribution in [2.45, 2.75) is 17.5 Å². The molecule has 1 heterocycles. The molecular weight excluding hydrogens is 358 g/mol. The SMILES string of the molecule is Nc1nnc(SCc2ccccc2)n1CC(=O)Nc1ccc(Cl)cc1. The van der Waals surface area contributed by atoms with Gasteiger partial charge in [-0.25, -0.2) is 0 Å². The van der Waals surface area contributed by atoms with Crippen molar-refractivity contribution in [1.29, 1.82) is 0 Å². The number of anilines is 2. The summed E-state index contributed by atoms with van der Waals surface area (Å²) >= 11 is 7.32. The molecule has 0 atom stereocenters. The highest BCUT2D eigenvalue weighted by molar-refractivity contribution is 7.98. The average molecular weight is 374 g/mol. The number of nitrogens with two attached hydrogens (primary N) is 1. The Labute approximate surface area is 154 Å². The Balaban J connectivity index is 1.64. The number of nitrogens with one attached hydrogen (secondary N) is 1. The van der Waals surface area contributed by atoms with Gasteiger partial charge in [0.15, 0.2) is 5.16 Å². The van der Waals surface area contributed by atoms with Crippen molar-refractivity contribution in [2.75, 3.05) is 11.1 Å². The molecule has 3 aromatic rings. The molecule has 0 unspecified atom stereocenters. The fourth-order valence-corrected chi connectivity index (χ4v) is 3.18. The second-order valence-electron chi connectivity index (χ2n) is 5.26. The zero-order chi connectivity index (χ0) is 17.6. The molecule has 2 aromatic carbocycles. The highest BCUT2D eigenvalue weighted by atomic mass is 35.5. The number of rotatable bonds is 6. The first kappa shape index (κ1) is 17.3. The number of hydrogen-bond donors (Lipinski definition) is 2. The number of carbonyl (C=O) groups is 1. The predicted molar refractivity (Wildman–Crippen MR) is 101 cm³/mol. The van der Waals surface area contributed by atoms with E-state index in [2.05, 4.69) is 15.5 Å². The first-order chi connectivity index (χ1) is 12.1. The fourth-order valence-electron chi connectivity index (χ4n) is 2.15. The van der Waals surface area contributed by atoms with E-state index in [4.69, 9.17) is 17.3 Å². The van der Waals surface area contributed by atoms with Crippen molar-refractivity contribution in [2.24, 2.45) is 0 Å². The van der Waals surface area contributed by atoms with Crippen molar-refractivity contribution in [3.63, 3.8) is 0 Å². The third-order valence-electron chi connectivity index (χ3n) is 3.39. The molecule has 0 aliphatic heterocycles. The fraction of sp³-hybridized carbons (Fsp3) is 0.118. The van der Waals surface area contributed by atoms with Crippen LogP contribution in [0.4, 0.5) is 11.6 Å². The van der Waals surface area contributed by atoms with Gasteiger partial charge in [0.25, 0.3) is 0 Å². The van der Waals surface area contributed by atoms with Gasteiger partial charge in [0, 0.05) is 16.5 Å². The van der Waals surface area contributed by atoms with E-state index in [0.717, 1.165) is 11.3 Å². The van der Waals surface area contributed by atoms with Gasteiger partial charge in [-0.05, 0) is 29.8 Å². The molecule has 3 rings (SSSR count). The van der Waals surface area contributed by atoms with Crippen LogP contribution in [0.1, 0.15) is 5.56 Å². The highest BCUT2D eigenvalue weighted by Crippen LogP contribution is 2.22. The van der Waals surface area contributed by atoms with Gasteiger partial charge >= 0.3 is 0 Å². The van der Waals surface area contributed by atoms with Gasteiger partial charge in [0.1, 0.15) is 6.54 Å². The van der Waals surface area contributed by atoms with E-state index in [1.165, 1.54) is 11.8 Å². The molecule has 0 aliphatic rings. The monoisotopic (exact) mass is 373 g/mol. The van der Waals surface area contributed by atoms with Crippen LogP contribution in [0.25, 0.3) is 0 Å². The molecular formula is C17H16ClN5OS. The normalized spacial score (nSPS) is 10.6. The van der Waals surface area contributed by atoms with Crippen LogP contribution >= 0.6 is 23.4 Å². The van der Waals surface area contributed by atoms with Crippen LogP contribution in [-0.4, -0.2) is 20.7 Å². The van der Waals surface area contributed by atoms with Crippen LogP contribution in [0.3, 0.4) is 0 Å². The standard InChI is InChI=1S/C17H16ClN5OS/c18-13-6-8-14(9-7-13)20-15(24)10-23-16(19)21-22-17(23)25-11-12-4-2-1-3-5-12/h1-9H,10-11H2,(H2,19,21)(H,20,24). The lowest BCUT2D eigenvalue weighted by Crippen LogP contribution is -2.20. The molecule has 1 amide bonds. The first-order valence-corrected chi connectivity index (χ1v) is 8.89. The maximum atomic E-state index is 12.3. The zero-order valence-electron chi connectivity index (χ0n) is 13.2. The maximum absolute atomic E-state index is 12.3. The molecule has 1 aromatic heterocycles. The van der Waals surface area contributed by atoms with Crippen molar-refractivity contribution in [3.8, 4) is 0 Å². The summed E-state index contributed by atoms with van der Waals surface area (Å²) in [6, 6.07) is 16.9. The Morgan fingerprint density at radius 1 is 1.12 bits per heavy atom. The third kappa shape index (κ3) is 4.74. The maximum Gasteiger partial charge on any atom is 0.244 e. The molecule has 6 nitrogen and oxygen atoms in total. The van der Waals surface area contributed by atoms with Crippen molar-refractivity contribution in [3.05, 3.63) is 65.2 Å². The number of nitrogens with zero attached hydrogens (tertiary/aromatic N) is 3. The van der Waals surface area contributed by atoms with E-state index in [9.17, 15) is 4.79 Å². The van der Waals surface area contributed by atoms with E-state index in [0.29, 0.717) is 15.9 Å². The summed E-state index contributed by atoms with van der Waals surface area (Å²) in [6.07, 6.45) is 0. The van der Waals surface area contributed by atoms with Gasteiger partial charge in [-0.3, -0.25) is 9.36 Å². The van der Waals surface area contributed by atoms with Crippen molar-refractivity contribution in [1.82, 2.24) is 14.8 Å². The number of benzene rings is 2. The lowest BCUT2D eigenvalue weighted by Gasteiger charge is -2.09. The number of halogens is 1. The number of carbonyl (C=O) groups excluding carboxylic acids is 1. The molecule has 0 saturated carbocycles. The van der Waals surface area contributed by atoms with E-state index in [1.807, 2.05) is 30.3 Å². The minimum absolute atomic E-state index is 0.0403. The summed E-state index contributed by atoms with van der Waals surface area (Å²) in [6.45, 7) is 0.0403. The van der Waals surface area contributed by atoms with Crippen LogP contribution in [0.2, 0.25) is 5.02 Å². The minimum Gasteiger partial charge on any atom is -0.368 e. The van der Waals surface area contributed by atoms with E-state index in [1.54, 1.807) is 28.8 Å². The van der Waals surface area contributed by atoms with Gasteiger partial charge in [0.05, 0.1) is 0 Å². The van der Waals surface area contributed by atoms with Crippen LogP contribution < -0.4 is 11.1 Å². The molecule has 0 fully saturated rings. The van der Waals surface area contributed by atoms with Crippen LogP contribution in [0.5, 0.6) is 0 Å². The Kier molecular flexibility index (Phi) is 5.57. The largest absolute Gasteiger partial charge is 0.368 e. The Hall–Kier alpha value is -2.51. The highest BCUT2D eigenvalue weighted by Gasteiger charge is 2.14. The molecule has 0 spiro atoms. The van der Waals surface area contributed by atoms with Gasteiger partial charge in [0.2, 0.25) is 11.9 Å². The summed E-state index contributed by atoms with van der Waals surface area (Å²) in [4.78, 5) is 12.3. The second-order valence-corrected chi connectivity index (χ2v) is 6.64. The van der Waals surface area contributed by atoms with Gasteiger partial charge < -0.3 is 11.1 Å². The van der Waals surface area contributed by atoms with E-state index < -0.39 is 0 Å². The summed E-state index contributed by atoms with van der Waals surface area (Å²) in [7, 11) is 0. The Bertz CT molecular complexity index is 851. The first-order valence-electron chi connectivity index (χ1n) is 7.52. The number of thioether (sulfide) groups is 1. The van der Waals surface area contributed by atoms with Crippen LogP contribution in [0, 0.1) is 0 Å². The third-order valence-corrected chi connectivity index (χ3v) is 4.68. The topological polar surface area (TPSA) is 85.8 Å². The molecule has 0 aliphatic carbocycles. The molecule has 3 N–H and O–H groups in total.